The zero-order valence-corrected chi connectivity index (χ0v) is 17.8. The molecule has 2 aliphatic rings. The van der Waals surface area contributed by atoms with Gasteiger partial charge in [-0.15, -0.1) is 0 Å². The van der Waals surface area contributed by atoms with Crippen LogP contribution in [-0.2, 0) is 14.8 Å². The molecule has 0 bridgehead atoms. The maximum atomic E-state index is 13.8. The highest BCUT2D eigenvalue weighted by molar-refractivity contribution is 7.89. The number of nitrogens with zero attached hydrogens (tertiary/aromatic N) is 2. The normalized spacial score (nSPS) is 20.0. The summed E-state index contributed by atoms with van der Waals surface area (Å²) >= 11 is 0. The van der Waals surface area contributed by atoms with Gasteiger partial charge in [0.1, 0.15) is 16.4 Å². The Hall–Kier alpha value is -2.72. The van der Waals surface area contributed by atoms with Crippen LogP contribution in [0.3, 0.4) is 0 Å². The number of hydrogen-bond acceptors (Lipinski definition) is 4. The fourth-order valence-corrected chi connectivity index (χ4v) is 5.58. The van der Waals surface area contributed by atoms with E-state index in [0.29, 0.717) is 25.9 Å². The molecule has 1 aromatic carbocycles. The quantitative estimate of drug-likeness (QED) is 0.733. The highest BCUT2D eigenvalue weighted by Gasteiger charge is 2.34. The standard InChI is InChI=1S/C21H25FN4O4S/c22-17-7-1-2-8-18(17)24-20(27)15-6-5-11-26(14-15)31(29,30)16-12-19(23-13-16)21(28)25-9-3-4-10-25/h1-2,7-8,12-13,15,23H,3-6,9-11,14H2,(H,24,27)/t15-/m0/s1. The van der Waals surface area contributed by atoms with Gasteiger partial charge in [-0.05, 0) is 43.9 Å². The molecule has 2 aromatic rings. The molecule has 1 aromatic heterocycles. The number of halogens is 1. The molecule has 0 saturated carbocycles. The Morgan fingerprint density at radius 1 is 1.10 bits per heavy atom. The lowest BCUT2D eigenvalue weighted by Crippen LogP contribution is -2.43. The molecule has 3 heterocycles. The smallest absolute Gasteiger partial charge is 0.270 e. The molecule has 2 saturated heterocycles. The number of rotatable bonds is 5. The number of aromatic nitrogens is 1. The molecule has 0 spiro atoms. The first-order valence-corrected chi connectivity index (χ1v) is 11.8. The number of hydrogen-bond donors (Lipinski definition) is 2. The molecule has 166 valence electrons. The van der Waals surface area contributed by atoms with Crippen LogP contribution in [0.2, 0.25) is 0 Å². The molecule has 2 amide bonds. The molecule has 0 radical (unpaired) electrons. The Morgan fingerprint density at radius 2 is 1.84 bits per heavy atom. The highest BCUT2D eigenvalue weighted by atomic mass is 32.2. The van der Waals surface area contributed by atoms with Gasteiger partial charge in [0, 0.05) is 32.4 Å². The number of H-pyrrole nitrogens is 1. The second-order valence-corrected chi connectivity index (χ2v) is 9.86. The molecule has 8 nitrogen and oxygen atoms in total. The number of sulfonamides is 1. The summed E-state index contributed by atoms with van der Waals surface area (Å²) in [6.07, 6.45) is 4.24. The summed E-state index contributed by atoms with van der Waals surface area (Å²) in [5, 5.41) is 2.55. The van der Waals surface area contributed by atoms with Gasteiger partial charge in [-0.3, -0.25) is 9.59 Å². The van der Waals surface area contributed by atoms with E-state index < -0.39 is 27.7 Å². The van der Waals surface area contributed by atoms with E-state index in [-0.39, 0.29) is 35.3 Å². The van der Waals surface area contributed by atoms with Crippen molar-refractivity contribution in [3.8, 4) is 0 Å². The highest BCUT2D eigenvalue weighted by Crippen LogP contribution is 2.26. The first kappa shape index (κ1) is 21.5. The zero-order chi connectivity index (χ0) is 22.0. The van der Waals surface area contributed by atoms with Crippen LogP contribution in [0, 0.1) is 11.7 Å². The van der Waals surface area contributed by atoms with Gasteiger partial charge < -0.3 is 15.2 Å². The SMILES string of the molecule is O=C(Nc1ccccc1F)[C@H]1CCCN(S(=O)(=O)c2c[nH]c(C(=O)N3CCCC3)c2)C1. The van der Waals surface area contributed by atoms with Crippen molar-refractivity contribution in [3.05, 3.63) is 48.0 Å². The van der Waals surface area contributed by atoms with Gasteiger partial charge in [0.15, 0.2) is 0 Å². The maximum absolute atomic E-state index is 13.8. The minimum atomic E-state index is -3.87. The Morgan fingerprint density at radius 3 is 2.58 bits per heavy atom. The lowest BCUT2D eigenvalue weighted by atomic mass is 9.98. The first-order valence-electron chi connectivity index (χ1n) is 10.4. The monoisotopic (exact) mass is 448 g/mol. The van der Waals surface area contributed by atoms with Crippen LogP contribution >= 0.6 is 0 Å². The fourth-order valence-electron chi connectivity index (χ4n) is 4.06. The number of carbonyl (C=O) groups excluding carboxylic acids is 2. The van der Waals surface area contributed by atoms with Gasteiger partial charge in [0.2, 0.25) is 15.9 Å². The van der Waals surface area contributed by atoms with Crippen molar-refractivity contribution in [2.24, 2.45) is 5.92 Å². The van der Waals surface area contributed by atoms with E-state index in [2.05, 4.69) is 10.3 Å². The summed E-state index contributed by atoms with van der Waals surface area (Å²) in [4.78, 5) is 29.6. The minimum Gasteiger partial charge on any atom is -0.356 e. The van der Waals surface area contributed by atoms with Crippen LogP contribution in [0.15, 0.2) is 41.4 Å². The number of aromatic amines is 1. The average molecular weight is 449 g/mol. The molecule has 2 fully saturated rings. The molecule has 4 rings (SSSR count). The summed E-state index contributed by atoms with van der Waals surface area (Å²) in [6.45, 7) is 1.63. The summed E-state index contributed by atoms with van der Waals surface area (Å²) in [5.74, 6) is -1.75. The number of para-hydroxylation sites is 1. The van der Waals surface area contributed by atoms with Crippen LogP contribution in [0.5, 0.6) is 0 Å². The van der Waals surface area contributed by atoms with E-state index in [1.54, 1.807) is 11.0 Å². The van der Waals surface area contributed by atoms with Crippen molar-refractivity contribution < 1.29 is 22.4 Å². The molecule has 2 N–H and O–H groups in total. The zero-order valence-electron chi connectivity index (χ0n) is 17.0. The topological polar surface area (TPSA) is 103 Å². The van der Waals surface area contributed by atoms with Gasteiger partial charge >= 0.3 is 0 Å². The number of nitrogens with one attached hydrogen (secondary N) is 2. The van der Waals surface area contributed by atoms with Gasteiger partial charge in [-0.1, -0.05) is 12.1 Å². The predicted octanol–water partition coefficient (Wildman–Crippen LogP) is 2.43. The predicted molar refractivity (Wildman–Crippen MR) is 112 cm³/mol. The lowest BCUT2D eigenvalue weighted by molar-refractivity contribution is -0.120. The maximum Gasteiger partial charge on any atom is 0.270 e. The largest absolute Gasteiger partial charge is 0.356 e. The Labute approximate surface area is 180 Å². The molecular weight excluding hydrogens is 423 g/mol. The van der Waals surface area contributed by atoms with Crippen molar-refractivity contribution in [1.29, 1.82) is 0 Å². The van der Waals surface area contributed by atoms with Crippen molar-refractivity contribution in [2.45, 2.75) is 30.6 Å². The third-order valence-corrected chi connectivity index (χ3v) is 7.65. The van der Waals surface area contributed by atoms with E-state index in [9.17, 15) is 22.4 Å². The van der Waals surface area contributed by atoms with Crippen LogP contribution in [0.25, 0.3) is 0 Å². The summed E-state index contributed by atoms with van der Waals surface area (Å²) < 4.78 is 41.3. The Bertz CT molecular complexity index is 1080. The first-order chi connectivity index (χ1) is 14.9. The van der Waals surface area contributed by atoms with Gasteiger partial charge in [-0.25, -0.2) is 12.8 Å². The van der Waals surface area contributed by atoms with Crippen molar-refractivity contribution in [1.82, 2.24) is 14.2 Å². The second kappa shape index (κ2) is 8.80. The van der Waals surface area contributed by atoms with Gasteiger partial charge in [-0.2, -0.15) is 4.31 Å². The fraction of sp³-hybridized carbons (Fsp3) is 0.429. The van der Waals surface area contributed by atoms with Crippen LogP contribution in [-0.4, -0.2) is 60.6 Å². The van der Waals surface area contributed by atoms with E-state index in [0.717, 1.165) is 12.8 Å². The third kappa shape index (κ3) is 4.49. The van der Waals surface area contributed by atoms with E-state index in [1.807, 2.05) is 0 Å². The van der Waals surface area contributed by atoms with Crippen LogP contribution in [0.1, 0.15) is 36.2 Å². The van der Waals surface area contributed by atoms with Crippen molar-refractivity contribution in [2.75, 3.05) is 31.5 Å². The number of likely N-dealkylation sites (tertiary alicyclic amines) is 1. The Balaban J connectivity index is 1.45. The molecule has 1 atom stereocenters. The van der Waals surface area contributed by atoms with Crippen molar-refractivity contribution >= 4 is 27.5 Å². The minimum absolute atomic E-state index is 0.00318. The average Bonchev–Trinajstić information content (AvgIpc) is 3.48. The number of carbonyl (C=O) groups is 2. The molecule has 2 aliphatic heterocycles. The second-order valence-electron chi connectivity index (χ2n) is 7.92. The molecule has 0 unspecified atom stereocenters. The molecular formula is C21H25FN4O4S. The lowest BCUT2D eigenvalue weighted by Gasteiger charge is -2.31. The third-order valence-electron chi connectivity index (χ3n) is 5.80. The summed E-state index contributed by atoms with van der Waals surface area (Å²) in [5.41, 5.74) is 0.314. The van der Waals surface area contributed by atoms with Crippen LogP contribution < -0.4 is 5.32 Å². The number of benzene rings is 1. The van der Waals surface area contributed by atoms with Crippen LogP contribution in [0.4, 0.5) is 10.1 Å². The van der Waals surface area contributed by atoms with E-state index in [4.69, 9.17) is 0 Å². The van der Waals surface area contributed by atoms with Crippen molar-refractivity contribution in [3.63, 3.8) is 0 Å². The molecule has 10 heteroatoms. The van der Waals surface area contributed by atoms with E-state index in [1.165, 1.54) is 34.8 Å². The number of anilines is 1. The van der Waals surface area contributed by atoms with E-state index >= 15 is 0 Å². The number of piperidine rings is 1. The summed E-state index contributed by atoms with van der Waals surface area (Å²) in [6, 6.07) is 7.21. The number of amides is 2. The van der Waals surface area contributed by atoms with Gasteiger partial charge in [0.05, 0.1) is 11.6 Å². The molecule has 31 heavy (non-hydrogen) atoms. The van der Waals surface area contributed by atoms with Gasteiger partial charge in [0.25, 0.3) is 5.91 Å². The Kier molecular flexibility index (Phi) is 6.10. The summed E-state index contributed by atoms with van der Waals surface area (Å²) in [7, 11) is -3.87. The molecule has 0 aliphatic carbocycles.